The highest BCUT2D eigenvalue weighted by molar-refractivity contribution is 7.26. The molecule has 0 unspecified atom stereocenters. The fraction of sp³-hybridized carbons (Fsp3) is 0.0152. The van der Waals surface area contributed by atoms with Crippen molar-refractivity contribution in [2.75, 3.05) is 0 Å². The molecule has 2 heterocycles. The van der Waals surface area contributed by atoms with Crippen LogP contribution in [-0.4, -0.2) is 4.98 Å². The zero-order valence-electron chi connectivity index (χ0n) is 37.2. The fourth-order valence-corrected chi connectivity index (χ4v) is 12.1. The van der Waals surface area contributed by atoms with Gasteiger partial charge in [-0.3, -0.25) is 0 Å². The Hall–Kier alpha value is -8.43. The number of nitrogens with zero attached hydrogens (tertiary/aromatic N) is 1. The average Bonchev–Trinajstić information content (AvgIpc) is 3.95. The molecule has 1 aliphatic rings. The van der Waals surface area contributed by atoms with Crippen molar-refractivity contribution >= 4 is 31.5 Å². The van der Waals surface area contributed by atoms with Gasteiger partial charge in [-0.25, -0.2) is 4.98 Å². The third-order valence-electron chi connectivity index (χ3n) is 14.0. The lowest BCUT2D eigenvalue weighted by molar-refractivity contribution is 0.768. The minimum absolute atomic E-state index is 0.530. The van der Waals surface area contributed by atoms with Gasteiger partial charge in [0.05, 0.1) is 16.8 Å². The van der Waals surface area contributed by atoms with Crippen molar-refractivity contribution in [3.63, 3.8) is 0 Å². The summed E-state index contributed by atoms with van der Waals surface area (Å²) in [7, 11) is 0. The first-order chi connectivity index (χ1) is 33.7. The van der Waals surface area contributed by atoms with Gasteiger partial charge in [-0.15, -0.1) is 11.3 Å². The van der Waals surface area contributed by atoms with Crippen LogP contribution in [0.15, 0.2) is 261 Å². The molecule has 2 aromatic heterocycles. The molecule has 0 spiro atoms. The number of hydrogen-bond acceptors (Lipinski definition) is 2. The van der Waals surface area contributed by atoms with E-state index in [0.29, 0.717) is 0 Å². The van der Waals surface area contributed by atoms with Gasteiger partial charge < -0.3 is 0 Å². The van der Waals surface area contributed by atoms with Crippen LogP contribution in [0, 0.1) is 0 Å². The molecular weight excluding hydrogens is 839 g/mol. The molecular formula is C66H43NS. The Balaban J connectivity index is 1.06. The molecule has 12 aromatic rings. The lowest BCUT2D eigenvalue weighted by Crippen LogP contribution is -2.28. The number of aromatic nitrogens is 1. The molecule has 318 valence electrons. The van der Waals surface area contributed by atoms with Crippen LogP contribution in [0.2, 0.25) is 0 Å². The van der Waals surface area contributed by atoms with E-state index in [1.54, 1.807) is 0 Å². The Morgan fingerprint density at radius 2 is 0.809 bits per heavy atom. The van der Waals surface area contributed by atoms with E-state index in [2.05, 4.69) is 261 Å². The quantitative estimate of drug-likeness (QED) is 0.148. The molecule has 0 aliphatic heterocycles. The zero-order chi connectivity index (χ0) is 45.0. The van der Waals surface area contributed by atoms with Gasteiger partial charge in [0.15, 0.2) is 0 Å². The molecule has 1 nitrogen and oxygen atoms in total. The number of thiophene rings is 1. The van der Waals surface area contributed by atoms with Gasteiger partial charge >= 0.3 is 0 Å². The first-order valence-corrected chi connectivity index (χ1v) is 24.2. The molecule has 0 bridgehead atoms. The van der Waals surface area contributed by atoms with Crippen molar-refractivity contribution in [3.05, 3.63) is 283 Å². The molecule has 13 rings (SSSR count). The minimum atomic E-state index is -0.530. The lowest BCUT2D eigenvalue weighted by Gasteiger charge is -2.34. The van der Waals surface area contributed by atoms with Crippen LogP contribution in [0.5, 0.6) is 0 Å². The van der Waals surface area contributed by atoms with Crippen LogP contribution in [0.4, 0.5) is 0 Å². The summed E-state index contributed by atoms with van der Waals surface area (Å²) in [6, 6.07) is 95.6. The summed E-state index contributed by atoms with van der Waals surface area (Å²) in [5, 5.41) is 2.58. The average molecular weight is 882 g/mol. The second-order valence-corrected chi connectivity index (χ2v) is 18.8. The van der Waals surface area contributed by atoms with Gasteiger partial charge in [0.25, 0.3) is 0 Å². The molecule has 1 aliphatic carbocycles. The summed E-state index contributed by atoms with van der Waals surface area (Å²) in [6.07, 6.45) is 0. The molecule has 0 atom stereocenters. The van der Waals surface area contributed by atoms with E-state index in [0.717, 1.165) is 33.6 Å². The van der Waals surface area contributed by atoms with E-state index < -0.39 is 5.41 Å². The normalized spacial score (nSPS) is 12.5. The summed E-state index contributed by atoms with van der Waals surface area (Å²) < 4.78 is 2.59. The highest BCUT2D eigenvalue weighted by Gasteiger charge is 2.47. The molecule has 68 heavy (non-hydrogen) atoms. The van der Waals surface area contributed by atoms with E-state index in [9.17, 15) is 0 Å². The summed E-state index contributed by atoms with van der Waals surface area (Å²) in [4.78, 5) is 5.20. The van der Waals surface area contributed by atoms with Gasteiger partial charge in [0.2, 0.25) is 0 Å². The van der Waals surface area contributed by atoms with Crippen molar-refractivity contribution in [2.45, 2.75) is 5.41 Å². The van der Waals surface area contributed by atoms with Crippen molar-refractivity contribution in [1.82, 2.24) is 4.98 Å². The van der Waals surface area contributed by atoms with Crippen molar-refractivity contribution in [1.29, 1.82) is 0 Å². The topological polar surface area (TPSA) is 12.9 Å². The predicted octanol–water partition coefficient (Wildman–Crippen LogP) is 17.8. The summed E-state index contributed by atoms with van der Waals surface area (Å²) in [5.41, 5.74) is 20.9. The second kappa shape index (κ2) is 16.5. The first-order valence-electron chi connectivity index (χ1n) is 23.4. The number of rotatable bonds is 8. The minimum Gasteiger partial charge on any atom is -0.248 e. The third-order valence-corrected chi connectivity index (χ3v) is 15.2. The van der Waals surface area contributed by atoms with Gasteiger partial charge in [0.1, 0.15) is 0 Å². The Kier molecular flexibility index (Phi) is 9.66. The van der Waals surface area contributed by atoms with Crippen LogP contribution in [0.1, 0.15) is 22.3 Å². The van der Waals surface area contributed by atoms with E-state index in [1.807, 2.05) is 11.3 Å². The number of benzene rings is 10. The molecule has 0 amide bonds. The zero-order valence-corrected chi connectivity index (χ0v) is 38.0. The van der Waals surface area contributed by atoms with E-state index >= 15 is 0 Å². The number of hydrogen-bond donors (Lipinski definition) is 0. The molecule has 0 radical (unpaired) electrons. The maximum atomic E-state index is 5.20. The van der Waals surface area contributed by atoms with Crippen molar-refractivity contribution < 1.29 is 0 Å². The third kappa shape index (κ3) is 6.48. The van der Waals surface area contributed by atoms with Crippen LogP contribution in [-0.2, 0) is 5.41 Å². The Bertz CT molecular complexity index is 3700. The van der Waals surface area contributed by atoms with Crippen LogP contribution in [0.25, 0.3) is 98.3 Å². The highest BCUT2D eigenvalue weighted by atomic mass is 32.1. The SMILES string of the molecule is c1ccc(-c2ccc3sc4c(-c5ccc6c(c5-c5ccc(-c7cc(-c8ccccc8)nc(-c8ccccc8)c7)cc5)-c5ccccc5C6(c5ccccc5)c5ccccc5)cccc4c3c2)cc1. The Morgan fingerprint density at radius 3 is 1.44 bits per heavy atom. The fourth-order valence-electron chi connectivity index (χ4n) is 10.9. The predicted molar refractivity (Wildman–Crippen MR) is 287 cm³/mol. The van der Waals surface area contributed by atoms with Gasteiger partial charge in [-0.05, 0) is 96.6 Å². The molecule has 0 fully saturated rings. The van der Waals surface area contributed by atoms with E-state index in [4.69, 9.17) is 4.98 Å². The molecule has 0 saturated carbocycles. The van der Waals surface area contributed by atoms with E-state index in [1.165, 1.54) is 86.9 Å². The van der Waals surface area contributed by atoms with Gasteiger partial charge in [-0.1, -0.05) is 237 Å². The molecule has 10 aromatic carbocycles. The maximum absolute atomic E-state index is 5.20. The summed E-state index contributed by atoms with van der Waals surface area (Å²) in [6.45, 7) is 0. The smallest absolute Gasteiger partial charge is 0.0715 e. The molecule has 0 saturated heterocycles. The standard InChI is InChI=1S/C66H43NS/c1-6-19-44(20-7-1)49-37-40-62-57(41-49)55-31-18-30-54(65(55)68-62)53-38-39-59-64(56-29-16-17-32-58(56)66(59,51-25-12-4-13-26-51)52-27-14-5-15-28-52)63(53)48-35-33-45(34-36-48)50-42-60(46-21-8-2-9-22-46)67-61(43-50)47-23-10-3-11-24-47/h1-43H. The molecule has 2 heteroatoms. The summed E-state index contributed by atoms with van der Waals surface area (Å²) in [5.74, 6) is 0. The van der Waals surface area contributed by atoms with Crippen LogP contribution >= 0.6 is 11.3 Å². The van der Waals surface area contributed by atoms with Gasteiger partial charge in [-0.2, -0.15) is 0 Å². The Morgan fingerprint density at radius 1 is 0.294 bits per heavy atom. The second-order valence-electron chi connectivity index (χ2n) is 17.7. The first kappa shape index (κ1) is 39.9. The van der Waals surface area contributed by atoms with Crippen LogP contribution < -0.4 is 0 Å². The lowest BCUT2D eigenvalue weighted by atomic mass is 9.67. The molecule has 0 N–H and O–H groups in total. The van der Waals surface area contributed by atoms with Crippen LogP contribution in [0.3, 0.4) is 0 Å². The number of fused-ring (bicyclic) bond motifs is 6. The Labute approximate surface area is 401 Å². The largest absolute Gasteiger partial charge is 0.248 e. The van der Waals surface area contributed by atoms with E-state index in [-0.39, 0.29) is 0 Å². The summed E-state index contributed by atoms with van der Waals surface area (Å²) >= 11 is 1.90. The number of pyridine rings is 1. The van der Waals surface area contributed by atoms with Crippen molar-refractivity contribution in [2.24, 2.45) is 0 Å². The van der Waals surface area contributed by atoms with Gasteiger partial charge in [0, 0.05) is 36.9 Å². The monoisotopic (exact) mass is 881 g/mol. The van der Waals surface area contributed by atoms with Crippen molar-refractivity contribution in [3.8, 4) is 78.1 Å². The highest BCUT2D eigenvalue weighted by Crippen LogP contribution is 2.60. The maximum Gasteiger partial charge on any atom is 0.0715 e.